The number of carbonyl (C=O) groups is 1. The number of rotatable bonds is 5. The van der Waals surface area contributed by atoms with Crippen LogP contribution in [0.5, 0.6) is 0 Å². The monoisotopic (exact) mass is 171 g/mol. The molecule has 0 aromatic heterocycles. The third-order valence-corrected chi connectivity index (χ3v) is 1.19. The van der Waals surface area contributed by atoms with Crippen molar-refractivity contribution in [3.63, 3.8) is 0 Å². The third-order valence-electron chi connectivity index (χ3n) is 1.19. The average Bonchev–Trinajstić information content (AvgIpc) is 1.84. The molecule has 0 atom stereocenters. The molecule has 0 bridgehead atoms. The lowest BCUT2D eigenvalue weighted by molar-refractivity contribution is -0.121. The average molecular weight is 171 g/mol. The fourth-order valence-corrected chi connectivity index (χ4v) is 0.861. The fraction of sp³-hybridized carbons (Fsp3) is 0.778. The third kappa shape index (κ3) is 7.25. The van der Waals surface area contributed by atoms with Crippen LogP contribution in [0.2, 0.25) is 0 Å². The summed E-state index contributed by atoms with van der Waals surface area (Å²) in [6, 6.07) is 0. The van der Waals surface area contributed by atoms with E-state index in [-0.39, 0.29) is 12.4 Å². The van der Waals surface area contributed by atoms with Crippen molar-refractivity contribution in [2.24, 2.45) is 11.1 Å². The first-order valence-corrected chi connectivity index (χ1v) is 4.17. The van der Waals surface area contributed by atoms with Gasteiger partial charge in [-0.25, -0.2) is 0 Å². The molecular formula is C9H17NO2. The Morgan fingerprint density at radius 1 is 1.42 bits per heavy atom. The van der Waals surface area contributed by atoms with Crippen LogP contribution in [-0.2, 0) is 9.63 Å². The standard InChI is InChI=1S/C9H17NO2/c1-7(2)5-8(3)10-12-6-9(4)11/h7H,5-6H2,1-4H3/b10-8+. The van der Waals surface area contributed by atoms with Crippen molar-refractivity contribution in [2.45, 2.75) is 34.1 Å². The first kappa shape index (κ1) is 11.1. The van der Waals surface area contributed by atoms with Gasteiger partial charge in [0.25, 0.3) is 0 Å². The summed E-state index contributed by atoms with van der Waals surface area (Å²) >= 11 is 0. The van der Waals surface area contributed by atoms with Gasteiger partial charge in [-0.05, 0) is 26.2 Å². The van der Waals surface area contributed by atoms with Gasteiger partial charge in [0, 0.05) is 0 Å². The minimum absolute atomic E-state index is 0.00361. The molecule has 0 saturated heterocycles. The number of carbonyl (C=O) groups excluding carboxylic acids is 1. The van der Waals surface area contributed by atoms with Crippen LogP contribution in [0.3, 0.4) is 0 Å². The number of nitrogens with zero attached hydrogens (tertiary/aromatic N) is 1. The van der Waals surface area contributed by atoms with Crippen molar-refractivity contribution >= 4 is 11.5 Å². The second kappa shape index (κ2) is 5.75. The van der Waals surface area contributed by atoms with Gasteiger partial charge < -0.3 is 4.84 Å². The minimum atomic E-state index is -0.00361. The number of Topliss-reactive ketones (excluding diaryl/α,β-unsaturated/α-hetero) is 1. The largest absolute Gasteiger partial charge is 0.388 e. The maximum Gasteiger partial charge on any atom is 0.174 e. The summed E-state index contributed by atoms with van der Waals surface area (Å²) in [7, 11) is 0. The Bertz CT molecular complexity index is 173. The molecule has 0 aliphatic carbocycles. The molecule has 12 heavy (non-hydrogen) atoms. The zero-order chi connectivity index (χ0) is 9.56. The van der Waals surface area contributed by atoms with Gasteiger partial charge in [-0.1, -0.05) is 19.0 Å². The van der Waals surface area contributed by atoms with E-state index in [1.165, 1.54) is 6.92 Å². The van der Waals surface area contributed by atoms with Gasteiger partial charge >= 0.3 is 0 Å². The van der Waals surface area contributed by atoms with E-state index < -0.39 is 0 Å². The molecule has 0 fully saturated rings. The molecule has 70 valence electrons. The molecule has 0 aliphatic heterocycles. The van der Waals surface area contributed by atoms with Crippen LogP contribution in [0.15, 0.2) is 5.16 Å². The van der Waals surface area contributed by atoms with E-state index in [0.29, 0.717) is 5.92 Å². The van der Waals surface area contributed by atoms with Crippen LogP contribution in [0.25, 0.3) is 0 Å². The van der Waals surface area contributed by atoms with E-state index in [1.807, 2.05) is 6.92 Å². The van der Waals surface area contributed by atoms with Gasteiger partial charge in [0.15, 0.2) is 12.4 Å². The molecule has 0 aromatic rings. The lowest BCUT2D eigenvalue weighted by atomic mass is 10.1. The first-order valence-electron chi connectivity index (χ1n) is 4.17. The van der Waals surface area contributed by atoms with Gasteiger partial charge in [-0.15, -0.1) is 0 Å². The summed E-state index contributed by atoms with van der Waals surface area (Å²) in [5.74, 6) is 0.575. The molecule has 0 amide bonds. The van der Waals surface area contributed by atoms with Crippen molar-refractivity contribution in [1.29, 1.82) is 0 Å². The van der Waals surface area contributed by atoms with E-state index in [1.54, 1.807) is 0 Å². The molecule has 0 radical (unpaired) electrons. The summed E-state index contributed by atoms with van der Waals surface area (Å²) < 4.78 is 0. The number of oxime groups is 1. The molecule has 3 heteroatoms. The Balaban J connectivity index is 3.62. The molecule has 0 rings (SSSR count). The van der Waals surface area contributed by atoms with Crippen LogP contribution in [-0.4, -0.2) is 18.1 Å². The predicted octanol–water partition coefficient (Wildman–Crippen LogP) is 2.01. The summed E-state index contributed by atoms with van der Waals surface area (Å²) in [5, 5.41) is 3.80. The van der Waals surface area contributed by atoms with Gasteiger partial charge in [0.1, 0.15) is 0 Å². The smallest absolute Gasteiger partial charge is 0.174 e. The Hall–Kier alpha value is -0.860. The predicted molar refractivity (Wildman–Crippen MR) is 49.2 cm³/mol. The number of hydrogen-bond donors (Lipinski definition) is 0. The normalized spacial score (nSPS) is 11.9. The molecule has 0 N–H and O–H groups in total. The van der Waals surface area contributed by atoms with Gasteiger partial charge in [0.2, 0.25) is 0 Å². The highest BCUT2D eigenvalue weighted by Crippen LogP contribution is 2.01. The summed E-state index contributed by atoms with van der Waals surface area (Å²) in [5.41, 5.74) is 0.936. The van der Waals surface area contributed by atoms with E-state index >= 15 is 0 Å². The number of ketones is 1. The maximum absolute atomic E-state index is 10.5. The van der Waals surface area contributed by atoms with Crippen molar-refractivity contribution < 1.29 is 9.63 Å². The van der Waals surface area contributed by atoms with Crippen LogP contribution >= 0.6 is 0 Å². The first-order chi connectivity index (χ1) is 5.52. The van der Waals surface area contributed by atoms with Crippen molar-refractivity contribution in [3.05, 3.63) is 0 Å². The van der Waals surface area contributed by atoms with Crippen LogP contribution in [0.1, 0.15) is 34.1 Å². The molecule has 0 aromatic carbocycles. The van der Waals surface area contributed by atoms with Crippen LogP contribution < -0.4 is 0 Å². The lowest BCUT2D eigenvalue weighted by Crippen LogP contribution is -2.03. The van der Waals surface area contributed by atoms with E-state index in [4.69, 9.17) is 4.84 Å². The molecular weight excluding hydrogens is 154 g/mol. The highest BCUT2D eigenvalue weighted by Gasteiger charge is 1.97. The molecule has 0 saturated carbocycles. The molecule has 0 unspecified atom stereocenters. The fourth-order valence-electron chi connectivity index (χ4n) is 0.861. The van der Waals surface area contributed by atoms with E-state index in [2.05, 4.69) is 19.0 Å². The van der Waals surface area contributed by atoms with Crippen molar-refractivity contribution in [3.8, 4) is 0 Å². The highest BCUT2D eigenvalue weighted by molar-refractivity contribution is 5.81. The maximum atomic E-state index is 10.5. The minimum Gasteiger partial charge on any atom is -0.388 e. The Kier molecular flexibility index (Phi) is 5.34. The Labute approximate surface area is 73.8 Å². The molecule has 0 spiro atoms. The molecule has 0 heterocycles. The quantitative estimate of drug-likeness (QED) is 0.469. The zero-order valence-corrected chi connectivity index (χ0v) is 8.26. The molecule has 0 aliphatic rings. The zero-order valence-electron chi connectivity index (χ0n) is 8.26. The second-order valence-electron chi connectivity index (χ2n) is 3.40. The Morgan fingerprint density at radius 3 is 2.42 bits per heavy atom. The Morgan fingerprint density at radius 2 is 2.00 bits per heavy atom. The van der Waals surface area contributed by atoms with E-state index in [9.17, 15) is 4.79 Å². The van der Waals surface area contributed by atoms with Crippen LogP contribution in [0.4, 0.5) is 0 Å². The molecule has 3 nitrogen and oxygen atoms in total. The van der Waals surface area contributed by atoms with Crippen molar-refractivity contribution in [1.82, 2.24) is 0 Å². The summed E-state index contributed by atoms with van der Waals surface area (Å²) in [4.78, 5) is 15.2. The van der Waals surface area contributed by atoms with Crippen LogP contribution in [0, 0.1) is 5.92 Å². The van der Waals surface area contributed by atoms with Crippen molar-refractivity contribution in [2.75, 3.05) is 6.61 Å². The highest BCUT2D eigenvalue weighted by atomic mass is 16.6. The summed E-state index contributed by atoms with van der Waals surface area (Å²) in [6.07, 6.45) is 0.915. The van der Waals surface area contributed by atoms with E-state index in [0.717, 1.165) is 12.1 Å². The number of hydrogen-bond acceptors (Lipinski definition) is 3. The topological polar surface area (TPSA) is 38.7 Å². The SMILES string of the molecule is CC(=O)CO/N=C(\C)CC(C)C. The summed E-state index contributed by atoms with van der Waals surface area (Å²) in [6.45, 7) is 7.69. The van der Waals surface area contributed by atoms with Gasteiger partial charge in [-0.3, -0.25) is 4.79 Å². The second-order valence-corrected chi connectivity index (χ2v) is 3.40. The van der Waals surface area contributed by atoms with Gasteiger partial charge in [-0.2, -0.15) is 0 Å². The van der Waals surface area contributed by atoms with Gasteiger partial charge in [0.05, 0.1) is 5.71 Å². The lowest BCUT2D eigenvalue weighted by Gasteiger charge is -2.02.